The Morgan fingerprint density at radius 1 is 1.12 bits per heavy atom. The van der Waals surface area contributed by atoms with Gasteiger partial charge in [-0.15, -0.1) is 0 Å². The lowest BCUT2D eigenvalue weighted by molar-refractivity contribution is -0.384. The molecule has 33 heavy (non-hydrogen) atoms. The van der Waals surface area contributed by atoms with Gasteiger partial charge in [0.05, 0.1) is 23.1 Å². The quantitative estimate of drug-likeness (QED) is 0.224. The summed E-state index contributed by atoms with van der Waals surface area (Å²) in [4.78, 5) is 38.7. The number of ether oxygens (including phenoxy) is 1. The van der Waals surface area contributed by atoms with Crippen molar-refractivity contribution in [3.63, 3.8) is 0 Å². The Labute approximate surface area is 191 Å². The Kier molecular flexibility index (Phi) is 6.44. The first kappa shape index (κ1) is 22.5. The summed E-state index contributed by atoms with van der Waals surface area (Å²) in [7, 11) is 0. The summed E-state index contributed by atoms with van der Waals surface area (Å²) in [6.45, 7) is 2.32. The number of benzene rings is 2. The molecular weight excluding hydrogens is 424 g/mol. The van der Waals surface area contributed by atoms with Crippen LogP contribution in [0.5, 0.6) is 5.75 Å². The summed E-state index contributed by atoms with van der Waals surface area (Å²) >= 11 is 0. The maximum atomic E-state index is 13.2. The van der Waals surface area contributed by atoms with Crippen molar-refractivity contribution in [2.24, 2.45) is 0 Å². The molecule has 1 aliphatic heterocycles. The minimum Gasteiger partial charge on any atom is -0.507 e. The Hall–Kier alpha value is -3.68. The molecule has 1 unspecified atom stereocenters. The van der Waals surface area contributed by atoms with Gasteiger partial charge in [0.15, 0.2) is 0 Å². The van der Waals surface area contributed by atoms with Gasteiger partial charge in [0.25, 0.3) is 17.4 Å². The highest BCUT2D eigenvalue weighted by atomic mass is 16.6. The standard InChI is InChI=1S/C25H26N2O6/c1-2-33-20-13-7-8-16(15-20)22-21(23(28)17-9-6-12-19(14-17)27(31)32)24(29)25(30)26(22)18-10-4-3-5-11-18/h6-9,12-15,18,22,28H,2-5,10-11H2,1H3/b23-21-. The van der Waals surface area contributed by atoms with Gasteiger partial charge in [-0.1, -0.05) is 43.5 Å². The van der Waals surface area contributed by atoms with Gasteiger partial charge in [-0.2, -0.15) is 0 Å². The number of nitrogens with zero attached hydrogens (tertiary/aromatic N) is 2. The number of hydrogen-bond donors (Lipinski definition) is 1. The maximum Gasteiger partial charge on any atom is 0.295 e. The van der Waals surface area contributed by atoms with Crippen molar-refractivity contribution in [2.75, 3.05) is 6.61 Å². The number of amides is 1. The van der Waals surface area contributed by atoms with Crippen LogP contribution in [0, 0.1) is 10.1 Å². The van der Waals surface area contributed by atoms with E-state index in [2.05, 4.69) is 0 Å². The van der Waals surface area contributed by atoms with Crippen LogP contribution in [0.3, 0.4) is 0 Å². The second kappa shape index (κ2) is 9.44. The molecule has 1 amide bonds. The number of rotatable bonds is 6. The van der Waals surface area contributed by atoms with Gasteiger partial charge in [0.2, 0.25) is 0 Å². The Balaban J connectivity index is 1.88. The van der Waals surface area contributed by atoms with Crippen molar-refractivity contribution < 1.29 is 24.4 Å². The molecule has 8 nitrogen and oxygen atoms in total. The number of nitro groups is 1. The van der Waals surface area contributed by atoms with Crippen LogP contribution >= 0.6 is 0 Å². The van der Waals surface area contributed by atoms with Gasteiger partial charge in [-0.25, -0.2) is 0 Å². The van der Waals surface area contributed by atoms with Crippen molar-refractivity contribution in [1.29, 1.82) is 0 Å². The van der Waals surface area contributed by atoms with Crippen LogP contribution in [0.15, 0.2) is 54.1 Å². The van der Waals surface area contributed by atoms with Gasteiger partial charge in [0, 0.05) is 23.7 Å². The molecule has 2 aliphatic rings. The molecule has 1 aliphatic carbocycles. The van der Waals surface area contributed by atoms with Crippen molar-refractivity contribution in [3.8, 4) is 5.75 Å². The molecule has 0 spiro atoms. The van der Waals surface area contributed by atoms with Gasteiger partial charge >= 0.3 is 0 Å². The second-order valence-electron chi connectivity index (χ2n) is 8.31. The van der Waals surface area contributed by atoms with Crippen LogP contribution in [0.25, 0.3) is 5.76 Å². The topological polar surface area (TPSA) is 110 Å². The van der Waals surface area contributed by atoms with Crippen molar-refractivity contribution in [2.45, 2.75) is 51.1 Å². The van der Waals surface area contributed by atoms with E-state index in [0.29, 0.717) is 17.9 Å². The van der Waals surface area contributed by atoms with Crippen LogP contribution in [-0.4, -0.2) is 39.3 Å². The zero-order valence-electron chi connectivity index (χ0n) is 18.4. The van der Waals surface area contributed by atoms with Crippen molar-refractivity contribution >= 4 is 23.1 Å². The fraction of sp³-hybridized carbons (Fsp3) is 0.360. The number of Topliss-reactive ketones (excluding diaryl/α,β-unsaturated/α-hetero) is 1. The van der Waals surface area contributed by atoms with E-state index >= 15 is 0 Å². The molecule has 0 aromatic heterocycles. The fourth-order valence-electron chi connectivity index (χ4n) is 4.78. The van der Waals surface area contributed by atoms with Crippen LogP contribution in [0.2, 0.25) is 0 Å². The lowest BCUT2D eigenvalue weighted by Gasteiger charge is -2.35. The van der Waals surface area contributed by atoms with E-state index in [4.69, 9.17) is 4.74 Å². The average Bonchev–Trinajstić information content (AvgIpc) is 3.10. The molecule has 4 rings (SSSR count). The molecule has 1 saturated heterocycles. The third-order valence-corrected chi connectivity index (χ3v) is 6.26. The van der Waals surface area contributed by atoms with Gasteiger partial charge < -0.3 is 14.7 Å². The largest absolute Gasteiger partial charge is 0.507 e. The second-order valence-corrected chi connectivity index (χ2v) is 8.31. The Morgan fingerprint density at radius 2 is 1.85 bits per heavy atom. The molecule has 2 aromatic rings. The first-order valence-corrected chi connectivity index (χ1v) is 11.2. The van der Waals surface area contributed by atoms with Crippen molar-refractivity contribution in [3.05, 3.63) is 75.3 Å². The third-order valence-electron chi connectivity index (χ3n) is 6.26. The number of carbonyl (C=O) groups is 2. The molecule has 8 heteroatoms. The summed E-state index contributed by atoms with van der Waals surface area (Å²) < 4.78 is 5.62. The van der Waals surface area contributed by atoms with Crippen LogP contribution in [0.4, 0.5) is 5.69 Å². The van der Waals surface area contributed by atoms with Gasteiger partial charge in [-0.05, 0) is 37.5 Å². The van der Waals surface area contributed by atoms with E-state index in [-0.39, 0.29) is 22.9 Å². The first-order chi connectivity index (χ1) is 15.9. The highest BCUT2D eigenvalue weighted by Gasteiger charge is 2.49. The number of aliphatic hydroxyl groups is 1. The smallest absolute Gasteiger partial charge is 0.295 e. The number of non-ortho nitro benzene ring substituents is 1. The molecule has 0 bridgehead atoms. The predicted octanol–water partition coefficient (Wildman–Crippen LogP) is 4.75. The highest BCUT2D eigenvalue weighted by Crippen LogP contribution is 2.43. The number of nitro benzene ring substituents is 1. The average molecular weight is 450 g/mol. The number of aliphatic hydroxyl groups excluding tert-OH is 1. The van der Waals surface area contributed by atoms with E-state index in [1.807, 2.05) is 6.92 Å². The molecule has 1 saturated carbocycles. The summed E-state index contributed by atoms with van der Waals surface area (Å²) in [5, 5.41) is 22.4. The Bertz CT molecular complexity index is 1120. The van der Waals surface area contributed by atoms with E-state index in [0.717, 1.165) is 32.1 Å². The SMILES string of the molecule is CCOc1cccc(C2/C(=C(/O)c3cccc([N+](=O)[O-])c3)C(=O)C(=O)N2C2CCCCC2)c1. The molecule has 1 atom stereocenters. The lowest BCUT2D eigenvalue weighted by Crippen LogP contribution is -2.40. The number of carbonyl (C=O) groups excluding carboxylic acids is 2. The zero-order chi connectivity index (χ0) is 23.5. The van der Waals surface area contributed by atoms with Gasteiger partial charge in [-0.3, -0.25) is 19.7 Å². The van der Waals surface area contributed by atoms with Crippen LogP contribution in [0.1, 0.15) is 56.2 Å². The molecule has 172 valence electrons. The summed E-state index contributed by atoms with van der Waals surface area (Å²) in [6, 6.07) is 11.7. The monoisotopic (exact) mass is 450 g/mol. The molecule has 1 N–H and O–H groups in total. The normalized spacial score (nSPS) is 20.8. The van der Waals surface area contributed by atoms with E-state index < -0.39 is 28.4 Å². The Morgan fingerprint density at radius 3 is 2.55 bits per heavy atom. The molecule has 0 radical (unpaired) electrons. The van der Waals surface area contributed by atoms with Crippen molar-refractivity contribution in [1.82, 2.24) is 4.90 Å². The zero-order valence-corrected chi connectivity index (χ0v) is 18.4. The number of hydrogen-bond acceptors (Lipinski definition) is 6. The van der Waals surface area contributed by atoms with E-state index in [1.165, 1.54) is 24.3 Å². The highest BCUT2D eigenvalue weighted by molar-refractivity contribution is 6.46. The molecular formula is C25H26N2O6. The third kappa shape index (κ3) is 4.33. The minimum absolute atomic E-state index is 0.0558. The number of likely N-dealkylation sites (tertiary alicyclic amines) is 1. The minimum atomic E-state index is -0.798. The lowest BCUT2D eigenvalue weighted by atomic mass is 9.91. The molecule has 2 fully saturated rings. The first-order valence-electron chi connectivity index (χ1n) is 11.2. The van der Waals surface area contributed by atoms with Gasteiger partial charge in [0.1, 0.15) is 11.5 Å². The number of ketones is 1. The van der Waals surface area contributed by atoms with E-state index in [9.17, 15) is 24.8 Å². The van der Waals surface area contributed by atoms with Crippen LogP contribution < -0.4 is 4.74 Å². The maximum absolute atomic E-state index is 13.2. The summed E-state index contributed by atoms with van der Waals surface area (Å²) in [6.07, 6.45) is 4.57. The molecule has 1 heterocycles. The molecule has 2 aromatic carbocycles. The fourth-order valence-corrected chi connectivity index (χ4v) is 4.78. The summed E-state index contributed by atoms with van der Waals surface area (Å²) in [5.41, 5.74) is 0.504. The van der Waals surface area contributed by atoms with Crippen LogP contribution in [-0.2, 0) is 9.59 Å². The summed E-state index contributed by atoms with van der Waals surface area (Å²) in [5.74, 6) is -1.25. The predicted molar refractivity (Wildman–Crippen MR) is 122 cm³/mol. The van der Waals surface area contributed by atoms with E-state index in [1.54, 1.807) is 29.2 Å².